The van der Waals surface area contributed by atoms with E-state index >= 15 is 0 Å². The van der Waals surface area contributed by atoms with Crippen LogP contribution in [-0.4, -0.2) is 21.7 Å². The summed E-state index contributed by atoms with van der Waals surface area (Å²) in [5, 5.41) is 2.89. The fourth-order valence-corrected chi connectivity index (χ4v) is 3.84. The van der Waals surface area contributed by atoms with Crippen molar-refractivity contribution in [1.82, 2.24) is 9.97 Å². The number of benzene rings is 2. The van der Waals surface area contributed by atoms with Gasteiger partial charge in [0.05, 0.1) is 5.56 Å². The molecule has 2 N–H and O–H groups in total. The monoisotopic (exact) mass is 417 g/mol. The topological polar surface area (TPSA) is 84.1 Å². The number of hydrogen-bond donors (Lipinski definition) is 2. The molecule has 2 aromatic carbocycles. The third-order valence-corrected chi connectivity index (χ3v) is 5.12. The van der Waals surface area contributed by atoms with Crippen molar-refractivity contribution < 1.29 is 14.3 Å². The van der Waals surface area contributed by atoms with E-state index in [2.05, 4.69) is 15.3 Å². The van der Waals surface area contributed by atoms with Gasteiger partial charge >= 0.3 is 0 Å². The molecule has 150 valence electrons. The lowest BCUT2D eigenvalue weighted by Crippen LogP contribution is -2.24. The van der Waals surface area contributed by atoms with Crippen molar-refractivity contribution in [1.29, 1.82) is 0 Å². The van der Waals surface area contributed by atoms with Crippen LogP contribution in [0.1, 0.15) is 41.3 Å². The Morgan fingerprint density at radius 3 is 2.33 bits per heavy atom. The number of rotatable bonds is 4. The van der Waals surface area contributed by atoms with Gasteiger partial charge in [0.15, 0.2) is 5.78 Å². The molecule has 0 bridgehead atoms. The summed E-state index contributed by atoms with van der Waals surface area (Å²) in [6, 6.07) is 18.4. The van der Waals surface area contributed by atoms with E-state index in [1.807, 2.05) is 36.4 Å². The Kier molecular flexibility index (Phi) is 5.29. The standard InChI is InChI=1S/C23H19N3O3S/c1-13(27)17-14(2)29-22-19(18(17)15-9-5-3-6-10-15)20(25-23(30)26-22)24-21(28)16-11-7-4-8-12-16/h3-12,18H,1-2H3,(H2,24,25,26,28,30). The number of Topliss-reactive ketones (excluding diaryl/α,β-unsaturated/α-hetero) is 1. The van der Waals surface area contributed by atoms with Crippen molar-refractivity contribution in [2.24, 2.45) is 0 Å². The van der Waals surface area contributed by atoms with E-state index in [0.29, 0.717) is 28.3 Å². The Hall–Kier alpha value is -3.58. The van der Waals surface area contributed by atoms with Crippen LogP contribution < -0.4 is 10.1 Å². The van der Waals surface area contributed by atoms with Crippen molar-refractivity contribution in [2.75, 3.05) is 5.32 Å². The van der Waals surface area contributed by atoms with Gasteiger partial charge < -0.3 is 15.0 Å². The van der Waals surface area contributed by atoms with Crippen LogP contribution in [0.4, 0.5) is 5.82 Å². The molecule has 1 aliphatic heterocycles. The van der Waals surface area contributed by atoms with Gasteiger partial charge in [-0.05, 0) is 43.8 Å². The predicted molar refractivity (Wildman–Crippen MR) is 116 cm³/mol. The van der Waals surface area contributed by atoms with Crippen LogP contribution in [0.15, 0.2) is 72.0 Å². The second kappa shape index (κ2) is 8.04. The number of anilines is 1. The normalized spacial score (nSPS) is 15.2. The van der Waals surface area contributed by atoms with E-state index in [-0.39, 0.29) is 22.3 Å². The maximum absolute atomic E-state index is 12.8. The average Bonchev–Trinajstić information content (AvgIpc) is 2.73. The minimum Gasteiger partial charge on any atom is -0.443 e. The number of hydrogen-bond acceptors (Lipinski definition) is 5. The zero-order valence-corrected chi connectivity index (χ0v) is 17.2. The highest BCUT2D eigenvalue weighted by Crippen LogP contribution is 2.45. The summed E-state index contributed by atoms with van der Waals surface area (Å²) in [6.45, 7) is 3.24. The van der Waals surface area contributed by atoms with Gasteiger partial charge in [0.2, 0.25) is 10.7 Å². The van der Waals surface area contributed by atoms with Gasteiger partial charge in [-0.1, -0.05) is 48.5 Å². The molecular weight excluding hydrogens is 398 g/mol. The molecule has 4 rings (SSSR count). The molecule has 6 nitrogen and oxygen atoms in total. The van der Waals surface area contributed by atoms with Crippen LogP contribution >= 0.6 is 12.2 Å². The first-order valence-corrected chi connectivity index (χ1v) is 9.81. The summed E-state index contributed by atoms with van der Waals surface area (Å²) in [5.41, 5.74) is 2.45. The van der Waals surface area contributed by atoms with Crippen LogP contribution in [0, 0.1) is 4.77 Å². The summed E-state index contributed by atoms with van der Waals surface area (Å²) < 4.78 is 6.05. The maximum Gasteiger partial charge on any atom is 0.256 e. The fraction of sp³-hybridized carbons (Fsp3) is 0.130. The van der Waals surface area contributed by atoms with E-state index in [0.717, 1.165) is 5.56 Å². The summed E-state index contributed by atoms with van der Waals surface area (Å²) in [4.78, 5) is 32.7. The van der Waals surface area contributed by atoms with Gasteiger partial charge in [0.25, 0.3) is 5.91 Å². The third-order valence-electron chi connectivity index (χ3n) is 4.93. The first-order chi connectivity index (χ1) is 14.5. The minimum atomic E-state index is -0.460. The summed E-state index contributed by atoms with van der Waals surface area (Å²) in [7, 11) is 0. The highest BCUT2D eigenvalue weighted by molar-refractivity contribution is 7.71. The molecule has 0 saturated heterocycles. The van der Waals surface area contributed by atoms with E-state index in [1.165, 1.54) is 6.92 Å². The van der Waals surface area contributed by atoms with Crippen LogP contribution in [0.5, 0.6) is 5.88 Å². The zero-order chi connectivity index (χ0) is 21.3. The van der Waals surface area contributed by atoms with E-state index < -0.39 is 5.92 Å². The molecule has 1 aromatic heterocycles. The second-order valence-electron chi connectivity index (χ2n) is 6.93. The summed E-state index contributed by atoms with van der Waals surface area (Å²) in [6.07, 6.45) is 0. The Balaban J connectivity index is 1.90. The van der Waals surface area contributed by atoms with Gasteiger partial charge in [-0.25, -0.2) is 0 Å². The molecule has 1 amide bonds. The molecule has 3 aromatic rings. The first kappa shape index (κ1) is 19.7. The van der Waals surface area contributed by atoms with Gasteiger partial charge in [-0.15, -0.1) is 0 Å². The Morgan fingerprint density at radius 1 is 1.07 bits per heavy atom. The molecule has 0 radical (unpaired) electrons. The Morgan fingerprint density at radius 2 is 1.70 bits per heavy atom. The van der Waals surface area contributed by atoms with Crippen molar-refractivity contribution in [2.45, 2.75) is 19.8 Å². The maximum atomic E-state index is 12.8. The Bertz CT molecular complexity index is 1220. The highest BCUT2D eigenvalue weighted by atomic mass is 32.1. The lowest BCUT2D eigenvalue weighted by molar-refractivity contribution is -0.114. The summed E-state index contributed by atoms with van der Waals surface area (Å²) in [5.74, 6) is 0.222. The third kappa shape index (κ3) is 3.67. The molecular formula is C23H19N3O3S. The summed E-state index contributed by atoms with van der Waals surface area (Å²) >= 11 is 5.25. The molecule has 1 aliphatic rings. The molecule has 2 heterocycles. The van der Waals surface area contributed by atoms with E-state index in [9.17, 15) is 9.59 Å². The van der Waals surface area contributed by atoms with Crippen LogP contribution in [0.25, 0.3) is 0 Å². The first-order valence-electron chi connectivity index (χ1n) is 9.41. The molecule has 1 unspecified atom stereocenters. The number of fused-ring (bicyclic) bond motifs is 1. The van der Waals surface area contributed by atoms with E-state index in [4.69, 9.17) is 17.0 Å². The fourth-order valence-electron chi connectivity index (χ4n) is 3.66. The number of aromatic amines is 1. The quantitative estimate of drug-likeness (QED) is 0.597. The van der Waals surface area contributed by atoms with Crippen molar-refractivity contribution in [3.8, 4) is 5.88 Å². The van der Waals surface area contributed by atoms with Crippen molar-refractivity contribution in [3.05, 3.63) is 93.5 Å². The number of ketones is 1. The lowest BCUT2D eigenvalue weighted by Gasteiger charge is -2.29. The average molecular weight is 417 g/mol. The smallest absolute Gasteiger partial charge is 0.256 e. The number of aromatic nitrogens is 2. The molecule has 0 aliphatic carbocycles. The number of H-pyrrole nitrogens is 1. The second-order valence-corrected chi connectivity index (χ2v) is 7.31. The van der Waals surface area contributed by atoms with Crippen molar-refractivity contribution >= 4 is 29.7 Å². The van der Waals surface area contributed by atoms with Gasteiger partial charge in [-0.3, -0.25) is 9.59 Å². The van der Waals surface area contributed by atoms with Gasteiger partial charge in [-0.2, -0.15) is 4.98 Å². The number of carbonyl (C=O) groups excluding carboxylic acids is 2. The molecule has 0 fully saturated rings. The SMILES string of the molecule is CC(=O)C1=C(C)Oc2nc(=S)[nH]c(NC(=O)c3ccccc3)c2C1c1ccccc1. The van der Waals surface area contributed by atoms with Gasteiger partial charge in [0, 0.05) is 17.1 Å². The molecule has 30 heavy (non-hydrogen) atoms. The highest BCUT2D eigenvalue weighted by Gasteiger charge is 2.36. The zero-order valence-electron chi connectivity index (χ0n) is 16.4. The number of ether oxygens (including phenoxy) is 1. The minimum absolute atomic E-state index is 0.116. The van der Waals surface area contributed by atoms with Crippen LogP contribution in [0.3, 0.4) is 0 Å². The van der Waals surface area contributed by atoms with Gasteiger partial charge in [0.1, 0.15) is 11.6 Å². The molecule has 0 spiro atoms. The molecule has 1 atom stereocenters. The Labute approximate surface area is 178 Å². The van der Waals surface area contributed by atoms with Crippen molar-refractivity contribution in [3.63, 3.8) is 0 Å². The van der Waals surface area contributed by atoms with Crippen LogP contribution in [0.2, 0.25) is 0 Å². The van der Waals surface area contributed by atoms with E-state index in [1.54, 1.807) is 31.2 Å². The predicted octanol–water partition coefficient (Wildman–Crippen LogP) is 4.78. The number of allylic oxidation sites excluding steroid dienone is 2. The number of amides is 1. The molecule has 7 heteroatoms. The molecule has 0 saturated carbocycles. The largest absolute Gasteiger partial charge is 0.443 e. The van der Waals surface area contributed by atoms with Crippen LogP contribution in [-0.2, 0) is 4.79 Å². The number of nitrogens with zero attached hydrogens (tertiary/aromatic N) is 1. The number of nitrogens with one attached hydrogen (secondary N) is 2. The lowest BCUT2D eigenvalue weighted by atomic mass is 9.81. The number of carbonyl (C=O) groups is 2.